The van der Waals surface area contributed by atoms with Crippen LogP contribution in [0.5, 0.6) is 0 Å². The molecule has 1 aliphatic rings. The molecule has 1 atom stereocenters. The SMILES string of the molecule is CN1C(=O)[C@@H](CC(=O)Nc2cccc3ccccc23)SC1=Nc1cccc2ccccc12. The van der Waals surface area contributed by atoms with Crippen molar-refractivity contribution >= 4 is 61.7 Å². The molecule has 0 radical (unpaired) electrons. The van der Waals surface area contributed by atoms with Crippen molar-refractivity contribution in [3.05, 3.63) is 84.9 Å². The van der Waals surface area contributed by atoms with Crippen molar-refractivity contribution in [1.29, 1.82) is 0 Å². The van der Waals surface area contributed by atoms with Gasteiger partial charge in [0, 0.05) is 29.9 Å². The lowest BCUT2D eigenvalue weighted by molar-refractivity contribution is -0.127. The molecule has 0 bridgehead atoms. The molecule has 0 saturated carbocycles. The molecule has 1 N–H and O–H groups in total. The van der Waals surface area contributed by atoms with Gasteiger partial charge in [0.2, 0.25) is 11.8 Å². The molecule has 4 aromatic carbocycles. The summed E-state index contributed by atoms with van der Waals surface area (Å²) in [5, 5.41) is 7.24. The fraction of sp³-hybridized carbons (Fsp3) is 0.115. The summed E-state index contributed by atoms with van der Waals surface area (Å²) in [6.07, 6.45) is 0.0889. The number of carbonyl (C=O) groups is 2. The van der Waals surface area contributed by atoms with Crippen LogP contribution in [0.4, 0.5) is 11.4 Å². The molecule has 5 nitrogen and oxygen atoms in total. The van der Waals surface area contributed by atoms with Gasteiger partial charge in [-0.2, -0.15) is 0 Å². The van der Waals surface area contributed by atoms with Gasteiger partial charge in [-0.25, -0.2) is 4.99 Å². The Kier molecular flexibility index (Phi) is 5.37. The normalized spacial score (nSPS) is 17.4. The van der Waals surface area contributed by atoms with Crippen LogP contribution in [0.1, 0.15) is 6.42 Å². The van der Waals surface area contributed by atoms with E-state index in [1.807, 2.05) is 84.9 Å². The maximum Gasteiger partial charge on any atom is 0.242 e. The third-order valence-corrected chi connectivity index (χ3v) is 6.79. The largest absolute Gasteiger partial charge is 0.325 e. The van der Waals surface area contributed by atoms with Gasteiger partial charge in [0.15, 0.2) is 5.17 Å². The van der Waals surface area contributed by atoms with Crippen LogP contribution in [0.25, 0.3) is 21.5 Å². The molecule has 0 spiro atoms. The van der Waals surface area contributed by atoms with Gasteiger partial charge in [0.05, 0.1) is 5.69 Å². The number of fused-ring (bicyclic) bond motifs is 2. The number of amidine groups is 1. The van der Waals surface area contributed by atoms with Crippen LogP contribution in [0.2, 0.25) is 0 Å². The van der Waals surface area contributed by atoms with E-state index in [1.165, 1.54) is 11.8 Å². The number of nitrogens with zero attached hydrogens (tertiary/aromatic N) is 2. The van der Waals surface area contributed by atoms with Crippen LogP contribution in [-0.4, -0.2) is 34.2 Å². The molecule has 6 heteroatoms. The molecule has 1 heterocycles. The van der Waals surface area contributed by atoms with Crippen LogP contribution < -0.4 is 5.32 Å². The summed E-state index contributed by atoms with van der Waals surface area (Å²) in [5.74, 6) is -0.297. The zero-order valence-electron chi connectivity index (χ0n) is 17.5. The second-order valence-electron chi connectivity index (χ2n) is 7.68. The molecule has 0 unspecified atom stereocenters. The molecule has 1 aliphatic heterocycles. The minimum Gasteiger partial charge on any atom is -0.325 e. The molecular weight excluding hydrogens is 418 g/mol. The number of carbonyl (C=O) groups excluding carboxylic acids is 2. The number of hydrogen-bond acceptors (Lipinski definition) is 4. The second-order valence-corrected chi connectivity index (χ2v) is 8.85. The summed E-state index contributed by atoms with van der Waals surface area (Å²) >= 11 is 1.34. The van der Waals surface area contributed by atoms with E-state index in [4.69, 9.17) is 4.99 Å². The first-order valence-electron chi connectivity index (χ1n) is 10.4. The number of hydrogen-bond donors (Lipinski definition) is 1. The van der Waals surface area contributed by atoms with Gasteiger partial charge in [-0.1, -0.05) is 84.6 Å². The Bertz CT molecular complexity index is 1370. The fourth-order valence-corrected chi connectivity index (χ4v) is 5.06. The summed E-state index contributed by atoms with van der Waals surface area (Å²) in [6, 6.07) is 27.6. The highest BCUT2D eigenvalue weighted by Crippen LogP contribution is 2.33. The van der Waals surface area contributed by atoms with Crippen molar-refractivity contribution in [2.45, 2.75) is 11.7 Å². The Morgan fingerprint density at radius 3 is 2.31 bits per heavy atom. The Labute approximate surface area is 190 Å². The van der Waals surface area contributed by atoms with Crippen LogP contribution >= 0.6 is 11.8 Å². The first-order chi connectivity index (χ1) is 15.6. The molecule has 1 saturated heterocycles. The highest BCUT2D eigenvalue weighted by atomic mass is 32.2. The minimum atomic E-state index is -0.497. The monoisotopic (exact) mass is 439 g/mol. The number of anilines is 1. The molecule has 5 rings (SSSR count). The second kappa shape index (κ2) is 8.48. The predicted octanol–water partition coefficient (Wildman–Crippen LogP) is 5.58. The van der Waals surface area contributed by atoms with Crippen molar-refractivity contribution in [2.75, 3.05) is 12.4 Å². The average Bonchev–Trinajstić information content (AvgIpc) is 3.07. The van der Waals surface area contributed by atoms with Crippen molar-refractivity contribution in [3.8, 4) is 0 Å². The summed E-state index contributed by atoms with van der Waals surface area (Å²) in [5.41, 5.74) is 1.56. The first-order valence-corrected chi connectivity index (χ1v) is 11.3. The lowest BCUT2D eigenvalue weighted by atomic mass is 10.1. The Morgan fingerprint density at radius 1 is 0.906 bits per heavy atom. The van der Waals surface area contributed by atoms with Crippen LogP contribution in [0.3, 0.4) is 0 Å². The summed E-state index contributed by atoms with van der Waals surface area (Å²) in [4.78, 5) is 31.9. The average molecular weight is 440 g/mol. The van der Waals surface area contributed by atoms with Crippen LogP contribution in [0, 0.1) is 0 Å². The maximum absolute atomic E-state index is 12.8. The highest BCUT2D eigenvalue weighted by Gasteiger charge is 2.37. The summed E-state index contributed by atoms with van der Waals surface area (Å²) < 4.78 is 0. The van der Waals surface area contributed by atoms with E-state index in [1.54, 1.807) is 11.9 Å². The number of aliphatic imine (C=N–C) groups is 1. The smallest absolute Gasteiger partial charge is 0.242 e. The van der Waals surface area contributed by atoms with Gasteiger partial charge in [0.25, 0.3) is 0 Å². The van der Waals surface area contributed by atoms with Gasteiger partial charge in [0.1, 0.15) is 5.25 Å². The Balaban J connectivity index is 1.34. The number of benzene rings is 4. The Hall–Kier alpha value is -3.64. The van der Waals surface area contributed by atoms with Gasteiger partial charge in [-0.05, 0) is 22.9 Å². The standard InChI is InChI=1S/C26H21N3O2S/c1-29-25(31)23(16-24(30)27-21-14-6-10-17-8-2-4-12-19(17)21)32-26(29)28-22-15-7-11-18-9-3-5-13-20(18)22/h2-15,23H,16H2,1H3,(H,27,30)/t23-/m1/s1. The van der Waals surface area contributed by atoms with Gasteiger partial charge < -0.3 is 5.32 Å². The molecule has 4 aromatic rings. The van der Waals surface area contributed by atoms with E-state index >= 15 is 0 Å². The lowest BCUT2D eigenvalue weighted by Gasteiger charge is -2.11. The van der Waals surface area contributed by atoms with E-state index in [-0.39, 0.29) is 18.2 Å². The summed E-state index contributed by atoms with van der Waals surface area (Å²) in [6.45, 7) is 0. The number of rotatable bonds is 4. The van der Waals surface area contributed by atoms with Gasteiger partial charge in [-0.3, -0.25) is 14.5 Å². The zero-order chi connectivity index (χ0) is 22.1. The topological polar surface area (TPSA) is 61.8 Å². The highest BCUT2D eigenvalue weighted by molar-refractivity contribution is 8.15. The van der Waals surface area contributed by atoms with Gasteiger partial charge in [-0.15, -0.1) is 0 Å². The molecule has 0 aromatic heterocycles. The van der Waals surface area contributed by atoms with Crippen molar-refractivity contribution < 1.29 is 9.59 Å². The van der Waals surface area contributed by atoms with E-state index in [0.29, 0.717) is 5.17 Å². The van der Waals surface area contributed by atoms with Crippen LogP contribution in [-0.2, 0) is 9.59 Å². The van der Waals surface area contributed by atoms with E-state index in [2.05, 4.69) is 5.32 Å². The zero-order valence-corrected chi connectivity index (χ0v) is 18.3. The van der Waals surface area contributed by atoms with E-state index in [9.17, 15) is 9.59 Å². The molecule has 32 heavy (non-hydrogen) atoms. The first kappa shape index (κ1) is 20.3. The molecule has 1 fully saturated rings. The minimum absolute atomic E-state index is 0.0889. The van der Waals surface area contributed by atoms with Crippen LogP contribution in [0.15, 0.2) is 89.9 Å². The van der Waals surface area contributed by atoms with Crippen molar-refractivity contribution in [1.82, 2.24) is 4.90 Å². The van der Waals surface area contributed by atoms with E-state index in [0.717, 1.165) is 32.9 Å². The Morgan fingerprint density at radius 2 is 1.53 bits per heavy atom. The fourth-order valence-electron chi connectivity index (χ4n) is 3.91. The number of thioether (sulfide) groups is 1. The van der Waals surface area contributed by atoms with Crippen molar-refractivity contribution in [3.63, 3.8) is 0 Å². The third kappa shape index (κ3) is 3.85. The maximum atomic E-state index is 12.8. The molecule has 158 valence electrons. The summed E-state index contributed by atoms with van der Waals surface area (Å²) in [7, 11) is 1.71. The van der Waals surface area contributed by atoms with E-state index < -0.39 is 5.25 Å². The van der Waals surface area contributed by atoms with Gasteiger partial charge >= 0.3 is 0 Å². The quantitative estimate of drug-likeness (QED) is 0.451. The third-order valence-electron chi connectivity index (χ3n) is 5.56. The molecule has 0 aliphatic carbocycles. The van der Waals surface area contributed by atoms with Crippen molar-refractivity contribution in [2.24, 2.45) is 4.99 Å². The molecular formula is C26H21N3O2S. The number of amides is 2. The molecule has 2 amide bonds. The number of nitrogens with one attached hydrogen (secondary N) is 1. The predicted molar refractivity (Wildman–Crippen MR) is 132 cm³/mol. The lowest BCUT2D eigenvalue weighted by Crippen LogP contribution is -2.30.